The van der Waals surface area contributed by atoms with Gasteiger partial charge in [0.25, 0.3) is 0 Å². The van der Waals surface area contributed by atoms with Gasteiger partial charge in [0.2, 0.25) is 0 Å². The maximum atomic E-state index is 12.0. The van der Waals surface area contributed by atoms with Crippen LogP contribution in [0.4, 0.5) is 4.79 Å². The maximum absolute atomic E-state index is 12.0. The molecule has 2 heterocycles. The van der Waals surface area contributed by atoms with Crippen LogP contribution in [-0.2, 0) is 4.74 Å². The Kier molecular flexibility index (Phi) is 5.65. The number of aromatic nitrogens is 2. The van der Waals surface area contributed by atoms with Gasteiger partial charge < -0.3 is 15.0 Å². The Morgan fingerprint density at radius 2 is 2.00 bits per heavy atom. The van der Waals surface area contributed by atoms with Gasteiger partial charge in [0.05, 0.1) is 12.7 Å². The summed E-state index contributed by atoms with van der Waals surface area (Å²) in [5.74, 6) is -0.0762. The number of piperidine rings is 1. The lowest BCUT2D eigenvalue weighted by Gasteiger charge is -2.33. The van der Waals surface area contributed by atoms with E-state index in [-0.39, 0.29) is 24.5 Å². The fourth-order valence-corrected chi connectivity index (χ4v) is 2.36. The van der Waals surface area contributed by atoms with Crippen LogP contribution < -0.4 is 5.32 Å². The first kappa shape index (κ1) is 17.3. The van der Waals surface area contributed by atoms with Crippen LogP contribution in [0.3, 0.4) is 0 Å². The van der Waals surface area contributed by atoms with E-state index in [1.807, 2.05) is 20.8 Å². The Bertz CT molecular complexity index is 534. The van der Waals surface area contributed by atoms with Crippen molar-refractivity contribution in [2.45, 2.75) is 45.3 Å². The fraction of sp³-hybridized carbons (Fsp3) is 0.625. The van der Waals surface area contributed by atoms with Crippen LogP contribution in [0, 0.1) is 0 Å². The summed E-state index contributed by atoms with van der Waals surface area (Å²) in [7, 11) is 0. The minimum atomic E-state index is -0.477. The van der Waals surface area contributed by atoms with Crippen molar-refractivity contribution in [3.8, 4) is 0 Å². The molecule has 0 atom stereocenters. The Labute approximate surface area is 136 Å². The number of Topliss-reactive ketones (excluding diaryl/α,β-unsaturated/α-hetero) is 1. The third-order valence-electron chi connectivity index (χ3n) is 3.55. The Balaban J connectivity index is 1.73. The first-order chi connectivity index (χ1) is 10.8. The van der Waals surface area contributed by atoms with Crippen LogP contribution in [0.2, 0.25) is 0 Å². The van der Waals surface area contributed by atoms with E-state index >= 15 is 0 Å². The summed E-state index contributed by atoms with van der Waals surface area (Å²) < 4.78 is 5.37. The summed E-state index contributed by atoms with van der Waals surface area (Å²) >= 11 is 0. The molecular weight excluding hydrogens is 296 g/mol. The van der Waals surface area contributed by atoms with Crippen LogP contribution in [0.25, 0.3) is 0 Å². The van der Waals surface area contributed by atoms with Crippen LogP contribution in [0.5, 0.6) is 0 Å². The summed E-state index contributed by atoms with van der Waals surface area (Å²) in [6, 6.07) is 0.217. The minimum Gasteiger partial charge on any atom is -0.444 e. The molecule has 1 aliphatic rings. The van der Waals surface area contributed by atoms with Crippen LogP contribution in [0.15, 0.2) is 18.6 Å². The van der Waals surface area contributed by atoms with Gasteiger partial charge in [-0.25, -0.2) is 9.78 Å². The van der Waals surface area contributed by atoms with Gasteiger partial charge in [0.1, 0.15) is 11.3 Å². The van der Waals surface area contributed by atoms with E-state index in [0.717, 1.165) is 12.8 Å². The number of carbonyl (C=O) groups is 2. The number of ether oxygens (including phenoxy) is 1. The second-order valence-electron chi connectivity index (χ2n) is 6.64. The zero-order valence-corrected chi connectivity index (χ0v) is 13.9. The van der Waals surface area contributed by atoms with Gasteiger partial charge in [0.15, 0.2) is 5.78 Å². The number of hydrogen-bond donors (Lipinski definition) is 1. The van der Waals surface area contributed by atoms with E-state index in [4.69, 9.17) is 4.74 Å². The lowest BCUT2D eigenvalue weighted by molar-refractivity contribution is 0.0198. The topological polar surface area (TPSA) is 84.4 Å². The van der Waals surface area contributed by atoms with Gasteiger partial charge in [-0.15, -0.1) is 0 Å². The first-order valence-electron chi connectivity index (χ1n) is 7.86. The van der Waals surface area contributed by atoms with E-state index in [1.165, 1.54) is 18.6 Å². The Morgan fingerprint density at radius 3 is 2.57 bits per heavy atom. The molecule has 1 aliphatic heterocycles. The molecule has 1 N–H and O–H groups in total. The standard InChI is InChI=1S/C16H24N4O3/c1-16(2,3)23-15(22)20-8-4-12(5-9-20)19-11-14(21)13-10-17-6-7-18-13/h6-7,10,12,19H,4-5,8-9,11H2,1-3H3. The lowest BCUT2D eigenvalue weighted by Crippen LogP contribution is -2.47. The monoisotopic (exact) mass is 320 g/mol. The van der Waals surface area contributed by atoms with Crippen molar-refractivity contribution in [3.63, 3.8) is 0 Å². The molecular formula is C16H24N4O3. The fourth-order valence-electron chi connectivity index (χ4n) is 2.36. The molecule has 0 saturated carbocycles. The molecule has 1 aromatic rings. The van der Waals surface area contributed by atoms with Crippen molar-refractivity contribution in [1.82, 2.24) is 20.2 Å². The normalized spacial score (nSPS) is 16.2. The van der Waals surface area contributed by atoms with E-state index in [9.17, 15) is 9.59 Å². The third-order valence-corrected chi connectivity index (χ3v) is 3.55. The van der Waals surface area contributed by atoms with Crippen molar-refractivity contribution in [3.05, 3.63) is 24.3 Å². The molecule has 2 rings (SSSR count). The number of amides is 1. The van der Waals surface area contributed by atoms with Gasteiger partial charge in [-0.1, -0.05) is 0 Å². The van der Waals surface area contributed by atoms with Crippen LogP contribution >= 0.6 is 0 Å². The summed E-state index contributed by atoms with van der Waals surface area (Å²) in [5, 5.41) is 3.23. The third kappa shape index (κ3) is 5.59. The van der Waals surface area contributed by atoms with Crippen molar-refractivity contribution in [2.75, 3.05) is 19.6 Å². The highest BCUT2D eigenvalue weighted by Crippen LogP contribution is 2.15. The SMILES string of the molecule is CC(C)(C)OC(=O)N1CCC(NCC(=O)c2cnccn2)CC1. The summed E-state index contributed by atoms with van der Waals surface area (Å²) in [6.45, 7) is 7.07. The average molecular weight is 320 g/mol. The highest BCUT2D eigenvalue weighted by molar-refractivity contribution is 5.95. The summed E-state index contributed by atoms with van der Waals surface area (Å²) in [6.07, 6.45) is 5.84. The summed E-state index contributed by atoms with van der Waals surface area (Å²) in [5.41, 5.74) is -0.110. The van der Waals surface area contributed by atoms with Crippen molar-refractivity contribution < 1.29 is 14.3 Å². The molecule has 0 spiro atoms. The number of rotatable bonds is 4. The Hall–Kier alpha value is -2.02. The number of hydrogen-bond acceptors (Lipinski definition) is 6. The highest BCUT2D eigenvalue weighted by Gasteiger charge is 2.26. The molecule has 1 saturated heterocycles. The average Bonchev–Trinajstić information content (AvgIpc) is 2.52. The number of likely N-dealkylation sites (tertiary alicyclic amines) is 1. The Morgan fingerprint density at radius 1 is 1.30 bits per heavy atom. The predicted molar refractivity (Wildman–Crippen MR) is 85.2 cm³/mol. The molecule has 7 heteroatoms. The number of carbonyl (C=O) groups excluding carboxylic acids is 2. The van der Waals surface area contributed by atoms with E-state index in [1.54, 1.807) is 4.90 Å². The molecule has 0 unspecified atom stereocenters. The minimum absolute atomic E-state index is 0.0762. The first-order valence-corrected chi connectivity index (χ1v) is 7.86. The maximum Gasteiger partial charge on any atom is 0.410 e. The number of nitrogens with one attached hydrogen (secondary N) is 1. The molecule has 0 aromatic carbocycles. The molecule has 0 bridgehead atoms. The van der Waals surface area contributed by atoms with Crippen molar-refractivity contribution >= 4 is 11.9 Å². The van der Waals surface area contributed by atoms with Gasteiger partial charge in [0, 0.05) is 31.5 Å². The van der Waals surface area contributed by atoms with E-state index in [2.05, 4.69) is 15.3 Å². The van der Waals surface area contributed by atoms with Gasteiger partial charge in [-0.3, -0.25) is 9.78 Å². The molecule has 0 aliphatic carbocycles. The molecule has 1 aromatic heterocycles. The van der Waals surface area contributed by atoms with Crippen molar-refractivity contribution in [2.24, 2.45) is 0 Å². The van der Waals surface area contributed by atoms with Gasteiger partial charge in [-0.2, -0.15) is 0 Å². The quantitative estimate of drug-likeness (QED) is 0.849. The molecule has 7 nitrogen and oxygen atoms in total. The van der Waals surface area contributed by atoms with Gasteiger partial charge in [-0.05, 0) is 33.6 Å². The number of nitrogens with zero attached hydrogens (tertiary/aromatic N) is 3. The molecule has 0 radical (unpaired) electrons. The van der Waals surface area contributed by atoms with E-state index < -0.39 is 5.60 Å². The molecule has 23 heavy (non-hydrogen) atoms. The second kappa shape index (κ2) is 7.50. The zero-order valence-electron chi connectivity index (χ0n) is 13.9. The molecule has 1 fully saturated rings. The molecule has 126 valence electrons. The number of ketones is 1. The molecule has 1 amide bonds. The van der Waals surface area contributed by atoms with Crippen LogP contribution in [-0.4, -0.2) is 58.0 Å². The van der Waals surface area contributed by atoms with Gasteiger partial charge >= 0.3 is 6.09 Å². The second-order valence-corrected chi connectivity index (χ2v) is 6.64. The predicted octanol–water partition coefficient (Wildman–Crippen LogP) is 1.65. The zero-order chi connectivity index (χ0) is 16.9. The van der Waals surface area contributed by atoms with Crippen LogP contribution in [0.1, 0.15) is 44.1 Å². The lowest BCUT2D eigenvalue weighted by atomic mass is 10.1. The van der Waals surface area contributed by atoms with E-state index in [0.29, 0.717) is 18.8 Å². The largest absolute Gasteiger partial charge is 0.444 e. The smallest absolute Gasteiger partial charge is 0.410 e. The highest BCUT2D eigenvalue weighted by atomic mass is 16.6. The summed E-state index contributed by atoms with van der Waals surface area (Å²) in [4.78, 5) is 33.5. The van der Waals surface area contributed by atoms with Crippen molar-refractivity contribution in [1.29, 1.82) is 0 Å².